The van der Waals surface area contributed by atoms with Gasteiger partial charge in [0.05, 0.1) is 5.52 Å². The second-order valence-electron chi connectivity index (χ2n) is 6.35. The van der Waals surface area contributed by atoms with E-state index in [1.165, 1.54) is 24.0 Å². The summed E-state index contributed by atoms with van der Waals surface area (Å²) in [5, 5.41) is 0.869. The highest BCUT2D eigenvalue weighted by atomic mass is 16.1. The standard InChI is InChI=1S/C19H26N2O/c1-4-21(5-2)12-17-13(3)20-18-15-9-7-6-8-14(15)10-11-16(18)19(17)22/h10-11H,4-9,12H2,1-3H3,(H,20,22). The van der Waals surface area contributed by atoms with Crippen molar-refractivity contribution in [3.8, 4) is 0 Å². The SMILES string of the molecule is CCN(CC)Cc1c(C)[nH]c2c3c(ccc2c1=O)CCCC3. The molecule has 1 aliphatic rings. The summed E-state index contributed by atoms with van der Waals surface area (Å²) in [5.41, 5.74) is 6.05. The van der Waals surface area contributed by atoms with E-state index in [2.05, 4.69) is 29.8 Å². The Labute approximate surface area is 132 Å². The van der Waals surface area contributed by atoms with Gasteiger partial charge in [0.25, 0.3) is 0 Å². The highest BCUT2D eigenvalue weighted by Crippen LogP contribution is 2.27. The second-order valence-corrected chi connectivity index (χ2v) is 6.35. The highest BCUT2D eigenvalue weighted by molar-refractivity contribution is 5.84. The molecular formula is C19H26N2O. The Hall–Kier alpha value is -1.61. The van der Waals surface area contributed by atoms with Gasteiger partial charge in [0.2, 0.25) is 0 Å². The van der Waals surface area contributed by atoms with Crippen LogP contribution in [0.1, 0.15) is 49.1 Å². The molecule has 118 valence electrons. The number of nitrogens with zero attached hydrogens (tertiary/aromatic N) is 1. The topological polar surface area (TPSA) is 36.1 Å². The molecule has 0 bridgehead atoms. The summed E-state index contributed by atoms with van der Waals surface area (Å²) in [6.07, 6.45) is 4.74. The van der Waals surface area contributed by atoms with Crippen molar-refractivity contribution >= 4 is 10.9 Å². The third-order valence-electron chi connectivity index (χ3n) is 5.09. The van der Waals surface area contributed by atoms with Gasteiger partial charge in [0, 0.05) is 23.2 Å². The van der Waals surface area contributed by atoms with Gasteiger partial charge in [-0.2, -0.15) is 0 Å². The Kier molecular flexibility index (Phi) is 4.34. The molecule has 3 rings (SSSR count). The minimum Gasteiger partial charge on any atom is -0.358 e. The van der Waals surface area contributed by atoms with Crippen molar-refractivity contribution in [2.24, 2.45) is 0 Å². The van der Waals surface area contributed by atoms with Crippen LogP contribution in [0.4, 0.5) is 0 Å². The fourth-order valence-electron chi connectivity index (χ4n) is 3.62. The molecule has 2 aromatic rings. The summed E-state index contributed by atoms with van der Waals surface area (Å²) in [4.78, 5) is 18.8. The van der Waals surface area contributed by atoms with Crippen LogP contribution in [0.2, 0.25) is 0 Å². The first-order chi connectivity index (χ1) is 10.7. The number of H-pyrrole nitrogens is 1. The molecule has 0 fully saturated rings. The fraction of sp³-hybridized carbons (Fsp3) is 0.526. The quantitative estimate of drug-likeness (QED) is 0.937. The zero-order valence-corrected chi connectivity index (χ0v) is 14.0. The predicted octanol–water partition coefficient (Wildman–Crippen LogP) is 3.56. The van der Waals surface area contributed by atoms with E-state index < -0.39 is 0 Å². The first-order valence-corrected chi connectivity index (χ1v) is 8.54. The normalized spacial score (nSPS) is 14.5. The van der Waals surface area contributed by atoms with Gasteiger partial charge >= 0.3 is 0 Å². The molecule has 0 atom stereocenters. The average Bonchev–Trinajstić information content (AvgIpc) is 2.55. The van der Waals surface area contributed by atoms with E-state index in [0.717, 1.165) is 54.6 Å². The van der Waals surface area contributed by atoms with Gasteiger partial charge in [-0.05, 0) is 62.9 Å². The first-order valence-electron chi connectivity index (χ1n) is 8.54. The number of pyridine rings is 1. The average molecular weight is 298 g/mol. The Balaban J connectivity index is 2.15. The summed E-state index contributed by atoms with van der Waals surface area (Å²) in [7, 11) is 0. The maximum absolute atomic E-state index is 13.0. The van der Waals surface area contributed by atoms with Crippen molar-refractivity contribution in [2.75, 3.05) is 13.1 Å². The fourth-order valence-corrected chi connectivity index (χ4v) is 3.62. The molecule has 0 radical (unpaired) electrons. The number of rotatable bonds is 4. The van der Waals surface area contributed by atoms with E-state index in [9.17, 15) is 4.79 Å². The molecule has 1 aromatic heterocycles. The zero-order valence-electron chi connectivity index (χ0n) is 14.0. The van der Waals surface area contributed by atoms with Crippen molar-refractivity contribution in [1.82, 2.24) is 9.88 Å². The second kappa shape index (κ2) is 6.25. The molecule has 22 heavy (non-hydrogen) atoms. The van der Waals surface area contributed by atoms with E-state index in [1.807, 2.05) is 13.0 Å². The van der Waals surface area contributed by atoms with Crippen LogP contribution in [0.3, 0.4) is 0 Å². The Bertz CT molecular complexity index is 741. The summed E-state index contributed by atoms with van der Waals surface area (Å²) in [6, 6.07) is 4.20. The minimum absolute atomic E-state index is 0.214. The van der Waals surface area contributed by atoms with Crippen molar-refractivity contribution in [3.05, 3.63) is 44.7 Å². The third-order valence-corrected chi connectivity index (χ3v) is 5.09. The summed E-state index contributed by atoms with van der Waals surface area (Å²) < 4.78 is 0. The Morgan fingerprint density at radius 1 is 1.14 bits per heavy atom. The Morgan fingerprint density at radius 3 is 2.59 bits per heavy atom. The predicted molar refractivity (Wildman–Crippen MR) is 92.6 cm³/mol. The highest BCUT2D eigenvalue weighted by Gasteiger charge is 2.17. The van der Waals surface area contributed by atoms with Crippen LogP contribution in [0, 0.1) is 6.92 Å². The lowest BCUT2D eigenvalue weighted by atomic mass is 9.89. The number of nitrogens with one attached hydrogen (secondary N) is 1. The molecule has 1 heterocycles. The maximum Gasteiger partial charge on any atom is 0.194 e. The molecule has 1 aliphatic carbocycles. The van der Waals surface area contributed by atoms with Crippen LogP contribution < -0.4 is 5.43 Å². The smallest absolute Gasteiger partial charge is 0.194 e. The summed E-state index contributed by atoms with van der Waals surface area (Å²) in [5.74, 6) is 0. The monoisotopic (exact) mass is 298 g/mol. The largest absolute Gasteiger partial charge is 0.358 e. The summed E-state index contributed by atoms with van der Waals surface area (Å²) in [6.45, 7) is 9.01. The molecule has 0 saturated heterocycles. The van der Waals surface area contributed by atoms with Gasteiger partial charge < -0.3 is 4.98 Å². The van der Waals surface area contributed by atoms with Crippen molar-refractivity contribution in [1.29, 1.82) is 0 Å². The van der Waals surface area contributed by atoms with E-state index in [4.69, 9.17) is 0 Å². The number of aromatic nitrogens is 1. The van der Waals surface area contributed by atoms with Crippen molar-refractivity contribution in [3.63, 3.8) is 0 Å². The van der Waals surface area contributed by atoms with E-state index in [1.54, 1.807) is 0 Å². The third kappa shape index (κ3) is 2.58. The zero-order chi connectivity index (χ0) is 15.7. The van der Waals surface area contributed by atoms with Gasteiger partial charge in [0.15, 0.2) is 5.43 Å². The van der Waals surface area contributed by atoms with Gasteiger partial charge in [-0.3, -0.25) is 9.69 Å². The molecular weight excluding hydrogens is 272 g/mol. The molecule has 0 spiro atoms. The number of hydrogen-bond donors (Lipinski definition) is 1. The number of aryl methyl sites for hydroxylation is 3. The van der Waals surface area contributed by atoms with Crippen LogP contribution in [0.5, 0.6) is 0 Å². The lowest BCUT2D eigenvalue weighted by Crippen LogP contribution is -2.27. The van der Waals surface area contributed by atoms with Gasteiger partial charge in [0.1, 0.15) is 0 Å². The van der Waals surface area contributed by atoms with Crippen LogP contribution >= 0.6 is 0 Å². The molecule has 1 N–H and O–H groups in total. The molecule has 0 aliphatic heterocycles. The summed E-state index contributed by atoms with van der Waals surface area (Å²) >= 11 is 0. The van der Waals surface area contributed by atoms with Gasteiger partial charge in [-0.25, -0.2) is 0 Å². The van der Waals surface area contributed by atoms with Crippen LogP contribution in [0.25, 0.3) is 10.9 Å². The van der Waals surface area contributed by atoms with Gasteiger partial charge in [-0.15, -0.1) is 0 Å². The lowest BCUT2D eigenvalue weighted by Gasteiger charge is -2.21. The Morgan fingerprint density at radius 2 is 1.86 bits per heavy atom. The molecule has 0 amide bonds. The van der Waals surface area contributed by atoms with Crippen LogP contribution in [-0.2, 0) is 19.4 Å². The number of benzene rings is 1. The van der Waals surface area contributed by atoms with Crippen LogP contribution in [-0.4, -0.2) is 23.0 Å². The number of aromatic amines is 1. The van der Waals surface area contributed by atoms with E-state index in [0.29, 0.717) is 0 Å². The van der Waals surface area contributed by atoms with E-state index in [-0.39, 0.29) is 5.43 Å². The molecule has 3 heteroatoms. The minimum atomic E-state index is 0.214. The first kappa shape index (κ1) is 15.3. The molecule has 1 aromatic carbocycles. The van der Waals surface area contributed by atoms with Gasteiger partial charge in [-0.1, -0.05) is 19.9 Å². The van der Waals surface area contributed by atoms with E-state index >= 15 is 0 Å². The number of hydrogen-bond acceptors (Lipinski definition) is 2. The lowest BCUT2D eigenvalue weighted by molar-refractivity contribution is 0.294. The maximum atomic E-state index is 13.0. The molecule has 0 unspecified atom stereocenters. The van der Waals surface area contributed by atoms with Crippen LogP contribution in [0.15, 0.2) is 16.9 Å². The van der Waals surface area contributed by atoms with Crippen molar-refractivity contribution < 1.29 is 0 Å². The van der Waals surface area contributed by atoms with Crippen molar-refractivity contribution in [2.45, 2.75) is 53.0 Å². The molecule has 0 saturated carbocycles. The number of fused-ring (bicyclic) bond motifs is 3. The molecule has 3 nitrogen and oxygen atoms in total.